The molecule has 0 aliphatic heterocycles. The average Bonchev–Trinajstić information content (AvgIpc) is 3.14. The zero-order valence-corrected chi connectivity index (χ0v) is 23.5. The van der Waals surface area contributed by atoms with E-state index < -0.39 is 9.73 Å². The van der Waals surface area contributed by atoms with Crippen LogP contribution in [0.5, 0.6) is 0 Å². The van der Waals surface area contributed by atoms with Gasteiger partial charge in [0.25, 0.3) is 5.56 Å². The third-order valence-electron chi connectivity index (χ3n) is 6.76. The maximum Gasteiger partial charge on any atom is 0.278 e. The SMILES string of the molecule is CC(C)n1c(=O)c2cnc(Nc3ccc4c(c3)CCC(N(C)C)C4)nc2n1-c1cccc(N=S(C)(C)=O)n1. The molecule has 1 aliphatic carbocycles. The normalized spacial score (nSPS) is 15.7. The van der Waals surface area contributed by atoms with Crippen molar-refractivity contribution in [1.82, 2.24) is 29.2 Å². The third kappa shape index (κ3) is 5.21. The molecule has 5 rings (SSSR count). The highest BCUT2D eigenvalue weighted by Crippen LogP contribution is 2.28. The van der Waals surface area contributed by atoms with Gasteiger partial charge in [-0.2, -0.15) is 9.35 Å². The number of nitrogens with one attached hydrogen (secondary N) is 1. The minimum atomic E-state index is -2.40. The monoisotopic (exact) mass is 534 g/mol. The Morgan fingerprint density at radius 3 is 2.63 bits per heavy atom. The molecule has 10 nitrogen and oxygen atoms in total. The van der Waals surface area contributed by atoms with E-state index in [0.29, 0.717) is 34.7 Å². The fraction of sp³-hybridized carbons (Fsp3) is 0.407. The van der Waals surface area contributed by atoms with Crippen LogP contribution in [0, 0.1) is 0 Å². The highest BCUT2D eigenvalue weighted by Gasteiger charge is 2.22. The molecular weight excluding hydrogens is 500 g/mol. The summed E-state index contributed by atoms with van der Waals surface area (Å²) < 4.78 is 19.8. The average molecular weight is 535 g/mol. The molecule has 0 bridgehead atoms. The molecule has 1 aliphatic rings. The van der Waals surface area contributed by atoms with Gasteiger partial charge in [0, 0.05) is 46.2 Å². The zero-order valence-electron chi connectivity index (χ0n) is 22.7. The van der Waals surface area contributed by atoms with Gasteiger partial charge in [-0.05, 0) is 82.6 Å². The van der Waals surface area contributed by atoms with Gasteiger partial charge in [0.1, 0.15) is 5.39 Å². The van der Waals surface area contributed by atoms with E-state index in [0.717, 1.165) is 24.9 Å². The summed E-state index contributed by atoms with van der Waals surface area (Å²) >= 11 is 0. The number of anilines is 2. The number of aromatic nitrogens is 5. The first-order valence-corrected chi connectivity index (χ1v) is 15.0. The van der Waals surface area contributed by atoms with Crippen LogP contribution in [-0.4, -0.2) is 66.1 Å². The number of fused-ring (bicyclic) bond motifs is 2. The van der Waals surface area contributed by atoms with Crippen molar-refractivity contribution in [3.8, 4) is 5.82 Å². The number of rotatable bonds is 6. The Morgan fingerprint density at radius 1 is 1.13 bits per heavy atom. The van der Waals surface area contributed by atoms with Crippen molar-refractivity contribution in [2.24, 2.45) is 4.36 Å². The number of likely N-dealkylation sites (N-methyl/N-ethyl adjacent to an activating group) is 1. The standard InChI is InChI=1S/C27H34N8O2S/c1-17(2)34-26(36)22-16-28-27(29-20-12-10-19-15-21(33(3)4)13-11-18(19)14-20)31-25(22)35(34)24-9-7-8-23(30-24)32-38(5,6)37/h7-10,12,14,16-17,21H,11,13,15H2,1-6H3,(H,28,29,31). The van der Waals surface area contributed by atoms with E-state index >= 15 is 0 Å². The fourth-order valence-electron chi connectivity index (χ4n) is 4.94. The molecule has 11 heteroatoms. The topological polar surface area (TPSA) is 110 Å². The Bertz CT molecular complexity index is 1690. The quantitative estimate of drug-likeness (QED) is 0.397. The molecule has 0 amide bonds. The van der Waals surface area contributed by atoms with Crippen LogP contribution in [0.3, 0.4) is 0 Å². The zero-order chi connectivity index (χ0) is 27.2. The molecule has 3 aromatic heterocycles. The van der Waals surface area contributed by atoms with Crippen molar-refractivity contribution >= 4 is 38.2 Å². The Kier molecular flexibility index (Phi) is 6.83. The van der Waals surface area contributed by atoms with E-state index in [4.69, 9.17) is 4.98 Å². The molecule has 1 atom stereocenters. The van der Waals surface area contributed by atoms with E-state index in [2.05, 4.69) is 56.8 Å². The molecular formula is C27H34N8O2S. The molecule has 0 fully saturated rings. The van der Waals surface area contributed by atoms with Gasteiger partial charge in [0.05, 0.1) is 0 Å². The Labute approximate surface area is 222 Å². The molecule has 0 saturated carbocycles. The molecule has 38 heavy (non-hydrogen) atoms. The highest BCUT2D eigenvalue weighted by molar-refractivity contribution is 7.92. The van der Waals surface area contributed by atoms with Crippen LogP contribution >= 0.6 is 0 Å². The molecule has 200 valence electrons. The van der Waals surface area contributed by atoms with Crippen molar-refractivity contribution in [3.63, 3.8) is 0 Å². The predicted octanol–water partition coefficient (Wildman–Crippen LogP) is 4.08. The van der Waals surface area contributed by atoms with Crippen molar-refractivity contribution < 1.29 is 4.21 Å². The van der Waals surface area contributed by atoms with Crippen LogP contribution in [0.15, 0.2) is 51.8 Å². The molecule has 4 aromatic rings. The minimum Gasteiger partial charge on any atom is -0.324 e. The van der Waals surface area contributed by atoms with E-state index in [9.17, 15) is 9.00 Å². The Morgan fingerprint density at radius 2 is 1.92 bits per heavy atom. The lowest BCUT2D eigenvalue weighted by atomic mass is 9.87. The molecule has 0 spiro atoms. The van der Waals surface area contributed by atoms with Gasteiger partial charge in [-0.15, -0.1) is 0 Å². The number of benzene rings is 1. The number of nitrogens with zero attached hydrogens (tertiary/aromatic N) is 7. The molecule has 1 unspecified atom stereocenters. The summed E-state index contributed by atoms with van der Waals surface area (Å²) in [6, 6.07) is 12.1. The molecule has 3 heterocycles. The number of aryl methyl sites for hydroxylation is 1. The predicted molar refractivity (Wildman–Crippen MR) is 153 cm³/mol. The summed E-state index contributed by atoms with van der Waals surface area (Å²) in [4.78, 5) is 29.4. The number of hydrogen-bond acceptors (Lipinski definition) is 8. The summed E-state index contributed by atoms with van der Waals surface area (Å²) in [6.07, 6.45) is 7.88. The maximum atomic E-state index is 13.3. The molecule has 1 N–H and O–H groups in total. The Balaban J connectivity index is 1.56. The van der Waals surface area contributed by atoms with Crippen LogP contribution in [0.4, 0.5) is 17.5 Å². The van der Waals surface area contributed by atoms with Gasteiger partial charge in [-0.1, -0.05) is 12.1 Å². The van der Waals surface area contributed by atoms with E-state index in [1.54, 1.807) is 46.3 Å². The van der Waals surface area contributed by atoms with Gasteiger partial charge in [-0.3, -0.25) is 4.79 Å². The summed E-state index contributed by atoms with van der Waals surface area (Å²) in [5.74, 6) is 1.18. The van der Waals surface area contributed by atoms with Crippen molar-refractivity contribution in [2.75, 3.05) is 31.9 Å². The van der Waals surface area contributed by atoms with Crippen LogP contribution in [-0.2, 0) is 22.6 Å². The number of pyridine rings is 1. The van der Waals surface area contributed by atoms with E-state index in [-0.39, 0.29) is 11.6 Å². The first-order valence-electron chi connectivity index (χ1n) is 12.7. The van der Waals surface area contributed by atoms with Gasteiger partial charge in [0.2, 0.25) is 5.95 Å². The lowest BCUT2D eigenvalue weighted by Crippen LogP contribution is -2.33. The van der Waals surface area contributed by atoms with Crippen molar-refractivity contribution in [2.45, 2.75) is 45.2 Å². The second kappa shape index (κ2) is 9.95. The van der Waals surface area contributed by atoms with Crippen molar-refractivity contribution in [3.05, 3.63) is 64.1 Å². The second-order valence-corrected chi connectivity index (χ2v) is 13.1. The second-order valence-electron chi connectivity index (χ2n) is 10.6. The van der Waals surface area contributed by atoms with Crippen LogP contribution < -0.4 is 10.9 Å². The molecule has 1 aromatic carbocycles. The maximum absolute atomic E-state index is 13.3. The molecule has 0 radical (unpaired) electrons. The summed E-state index contributed by atoms with van der Waals surface area (Å²) in [7, 11) is 1.87. The van der Waals surface area contributed by atoms with Gasteiger partial charge >= 0.3 is 0 Å². The first-order chi connectivity index (χ1) is 18.0. The minimum absolute atomic E-state index is 0.163. The van der Waals surface area contributed by atoms with E-state index in [1.165, 1.54) is 11.1 Å². The van der Waals surface area contributed by atoms with E-state index in [1.807, 2.05) is 13.8 Å². The van der Waals surface area contributed by atoms with Crippen molar-refractivity contribution in [1.29, 1.82) is 0 Å². The van der Waals surface area contributed by atoms with Gasteiger partial charge in [0.15, 0.2) is 17.3 Å². The summed E-state index contributed by atoms with van der Waals surface area (Å²) in [5, 5.41) is 3.72. The Hall–Kier alpha value is -3.57. The van der Waals surface area contributed by atoms with Crippen LogP contribution in [0.2, 0.25) is 0 Å². The van der Waals surface area contributed by atoms with Crippen LogP contribution in [0.1, 0.15) is 37.4 Å². The smallest absolute Gasteiger partial charge is 0.278 e. The summed E-state index contributed by atoms with van der Waals surface area (Å²) in [5.41, 5.74) is 3.85. The van der Waals surface area contributed by atoms with Gasteiger partial charge < -0.3 is 10.2 Å². The molecule has 0 saturated heterocycles. The lowest BCUT2D eigenvalue weighted by Gasteiger charge is -2.30. The third-order valence-corrected chi connectivity index (χ3v) is 7.38. The lowest BCUT2D eigenvalue weighted by molar-refractivity contribution is 0.268. The summed E-state index contributed by atoms with van der Waals surface area (Å²) in [6.45, 7) is 3.85. The number of hydrogen-bond donors (Lipinski definition) is 1. The van der Waals surface area contributed by atoms with Gasteiger partial charge in [-0.25, -0.2) is 23.5 Å². The first kappa shape index (κ1) is 26.1. The van der Waals surface area contributed by atoms with Crippen LogP contribution in [0.25, 0.3) is 16.9 Å². The largest absolute Gasteiger partial charge is 0.324 e. The fourth-order valence-corrected chi connectivity index (χ4v) is 5.49. The highest BCUT2D eigenvalue weighted by atomic mass is 32.2.